The van der Waals surface area contributed by atoms with Gasteiger partial charge in [-0.1, -0.05) is 37.1 Å². The first kappa shape index (κ1) is 31.0. The number of carbonyl (C=O) groups is 1. The highest BCUT2D eigenvalue weighted by Gasteiger charge is 2.46. The molecule has 2 aliphatic carbocycles. The first-order valence-corrected chi connectivity index (χ1v) is 18.6. The number of nitrogens with zero attached hydrogens (tertiary/aromatic N) is 1. The van der Waals surface area contributed by atoms with Crippen molar-refractivity contribution in [1.82, 2.24) is 4.72 Å². The average molecular weight is 637 g/mol. The van der Waals surface area contributed by atoms with Crippen LogP contribution in [0.2, 0.25) is 0 Å². The predicted molar refractivity (Wildman–Crippen MR) is 174 cm³/mol. The number of anilines is 1. The third-order valence-electron chi connectivity index (χ3n) is 11.7. The highest BCUT2D eigenvalue weighted by Crippen LogP contribution is 2.49. The SMILES string of the molecule is Cc1ccc2c(c1)CCC[C@]21COc2ccc3cc2N(CC2CCC2C(C2OCCO2)CCCC(C)C(C)S(=O)(=O)NC3=O)C1. The topological polar surface area (TPSA) is 94.2 Å². The Hall–Kier alpha value is -2.62. The Morgan fingerprint density at radius 3 is 2.56 bits per heavy atom. The normalized spacial score (nSPS) is 33.7. The monoisotopic (exact) mass is 636 g/mol. The van der Waals surface area contributed by atoms with Crippen molar-refractivity contribution in [1.29, 1.82) is 0 Å². The van der Waals surface area contributed by atoms with Crippen LogP contribution in [0.3, 0.4) is 0 Å². The molecule has 9 heteroatoms. The summed E-state index contributed by atoms with van der Waals surface area (Å²) >= 11 is 0. The van der Waals surface area contributed by atoms with Crippen molar-refractivity contribution in [3.63, 3.8) is 0 Å². The van der Waals surface area contributed by atoms with E-state index in [4.69, 9.17) is 14.2 Å². The maximum Gasteiger partial charge on any atom is 0.264 e. The van der Waals surface area contributed by atoms with Crippen LogP contribution in [0.25, 0.3) is 0 Å². The van der Waals surface area contributed by atoms with Gasteiger partial charge >= 0.3 is 0 Å². The molecule has 1 amide bonds. The molecule has 2 aromatic rings. The van der Waals surface area contributed by atoms with Crippen LogP contribution >= 0.6 is 0 Å². The maximum absolute atomic E-state index is 13.5. The smallest absolute Gasteiger partial charge is 0.264 e. The van der Waals surface area contributed by atoms with Crippen LogP contribution in [0.4, 0.5) is 5.69 Å². The molecule has 2 aromatic carbocycles. The summed E-state index contributed by atoms with van der Waals surface area (Å²) in [6.07, 6.45) is 7.92. The molecule has 3 aliphatic heterocycles. The molecular formula is C36H48N2O6S. The second kappa shape index (κ2) is 12.2. The van der Waals surface area contributed by atoms with Crippen molar-refractivity contribution >= 4 is 21.6 Å². The number of rotatable bonds is 1. The fourth-order valence-electron chi connectivity index (χ4n) is 8.76. The maximum atomic E-state index is 13.5. The second-order valence-electron chi connectivity index (χ2n) is 14.5. The van der Waals surface area contributed by atoms with Crippen molar-refractivity contribution in [2.24, 2.45) is 23.7 Å². The van der Waals surface area contributed by atoms with E-state index in [0.29, 0.717) is 37.2 Å². The number of nitrogens with one attached hydrogen (secondary N) is 1. The van der Waals surface area contributed by atoms with E-state index in [2.05, 4.69) is 34.7 Å². The Morgan fingerprint density at radius 2 is 1.78 bits per heavy atom. The van der Waals surface area contributed by atoms with Crippen molar-refractivity contribution < 1.29 is 27.4 Å². The minimum atomic E-state index is -3.87. The van der Waals surface area contributed by atoms with Gasteiger partial charge in [0.1, 0.15) is 5.75 Å². The van der Waals surface area contributed by atoms with Crippen LogP contribution in [0, 0.1) is 30.6 Å². The molecule has 7 rings (SSSR count). The van der Waals surface area contributed by atoms with Gasteiger partial charge < -0.3 is 19.1 Å². The summed E-state index contributed by atoms with van der Waals surface area (Å²) in [5, 5.41) is -0.696. The number of hydrogen-bond donors (Lipinski definition) is 1. The summed E-state index contributed by atoms with van der Waals surface area (Å²) in [5.74, 6) is 1.28. The number of carbonyl (C=O) groups excluding carboxylic acids is 1. The molecule has 45 heavy (non-hydrogen) atoms. The fourth-order valence-corrected chi connectivity index (χ4v) is 10.1. The molecular weight excluding hydrogens is 588 g/mol. The van der Waals surface area contributed by atoms with Crippen LogP contribution < -0.4 is 14.4 Å². The standard InChI is InChI=1S/C36H48N2O6S/c1-23-9-13-31-26(18-23)7-5-15-36(31)21-38-20-28-10-12-29(28)30(35-42-16-17-43-35)8-4-6-24(2)25(3)45(40,41)37-34(39)27-11-14-33(44-22-36)32(38)19-27/h9,11,13-14,18-19,24-25,28-30,35H,4-8,10,12,15-17,20-22H2,1-3H3,(H,37,39)/t24?,25?,28?,29?,30?,36-/m0/s1. The van der Waals surface area contributed by atoms with Crippen LogP contribution in [0.1, 0.15) is 85.8 Å². The van der Waals surface area contributed by atoms with Crippen molar-refractivity contribution in [3.8, 4) is 5.75 Å². The van der Waals surface area contributed by atoms with Gasteiger partial charge in [-0.2, -0.15) is 0 Å². The molecule has 5 unspecified atom stereocenters. The Labute approximate surface area is 268 Å². The quantitative estimate of drug-likeness (QED) is 0.426. The first-order valence-electron chi connectivity index (χ1n) is 17.0. The van der Waals surface area contributed by atoms with Crippen molar-refractivity contribution in [3.05, 3.63) is 58.7 Å². The number of aryl methyl sites for hydroxylation is 2. The molecule has 2 fully saturated rings. The van der Waals surface area contributed by atoms with E-state index in [1.807, 2.05) is 19.1 Å². The van der Waals surface area contributed by atoms with E-state index >= 15 is 0 Å². The Kier molecular flexibility index (Phi) is 8.40. The highest BCUT2D eigenvalue weighted by atomic mass is 32.2. The number of amides is 1. The van der Waals surface area contributed by atoms with Gasteiger partial charge in [0, 0.05) is 30.0 Å². The average Bonchev–Trinajstić information content (AvgIpc) is 3.50. The van der Waals surface area contributed by atoms with E-state index in [-0.39, 0.29) is 23.5 Å². The van der Waals surface area contributed by atoms with E-state index in [1.165, 1.54) is 16.7 Å². The largest absolute Gasteiger partial charge is 0.490 e. The molecule has 1 spiro atoms. The third kappa shape index (κ3) is 5.89. The summed E-state index contributed by atoms with van der Waals surface area (Å²) in [5.41, 5.74) is 5.11. The van der Waals surface area contributed by atoms with Crippen LogP contribution in [0.15, 0.2) is 36.4 Å². The summed E-state index contributed by atoms with van der Waals surface area (Å²) in [6.45, 7) is 9.31. The molecule has 2 bridgehead atoms. The van der Waals surface area contributed by atoms with Gasteiger partial charge in [-0.3, -0.25) is 4.79 Å². The predicted octanol–water partition coefficient (Wildman–Crippen LogP) is 5.75. The molecule has 0 aromatic heterocycles. The van der Waals surface area contributed by atoms with E-state index < -0.39 is 21.2 Å². The van der Waals surface area contributed by atoms with Gasteiger partial charge in [0.05, 0.1) is 30.8 Å². The number of ether oxygens (including phenoxy) is 3. The van der Waals surface area contributed by atoms with Gasteiger partial charge in [0.25, 0.3) is 5.91 Å². The van der Waals surface area contributed by atoms with Gasteiger partial charge in [-0.25, -0.2) is 13.1 Å². The van der Waals surface area contributed by atoms with E-state index in [9.17, 15) is 13.2 Å². The van der Waals surface area contributed by atoms with Gasteiger partial charge in [0.2, 0.25) is 10.0 Å². The summed E-state index contributed by atoms with van der Waals surface area (Å²) in [6, 6.07) is 12.3. The van der Waals surface area contributed by atoms with Gasteiger partial charge in [-0.05, 0) is 106 Å². The minimum absolute atomic E-state index is 0.0965. The lowest BCUT2D eigenvalue weighted by Crippen LogP contribution is -2.50. The number of sulfonamides is 1. The zero-order valence-electron chi connectivity index (χ0n) is 26.9. The highest BCUT2D eigenvalue weighted by molar-refractivity contribution is 7.90. The molecule has 1 saturated heterocycles. The molecule has 244 valence electrons. The van der Waals surface area contributed by atoms with Crippen LogP contribution in [-0.4, -0.2) is 58.8 Å². The summed E-state index contributed by atoms with van der Waals surface area (Å²) in [4.78, 5) is 15.9. The van der Waals surface area contributed by atoms with Crippen LogP contribution in [0.5, 0.6) is 5.75 Å². The molecule has 8 nitrogen and oxygen atoms in total. The first-order chi connectivity index (χ1) is 21.6. The summed E-state index contributed by atoms with van der Waals surface area (Å²) < 4.78 is 48.1. The molecule has 1 saturated carbocycles. The van der Waals surface area contributed by atoms with Gasteiger partial charge in [0.15, 0.2) is 6.29 Å². The van der Waals surface area contributed by atoms with Crippen molar-refractivity contribution in [2.75, 3.05) is 37.8 Å². The number of hydrogen-bond acceptors (Lipinski definition) is 7. The van der Waals surface area contributed by atoms with Crippen molar-refractivity contribution in [2.45, 2.75) is 89.1 Å². The zero-order chi connectivity index (χ0) is 31.3. The number of benzene rings is 2. The Balaban J connectivity index is 1.29. The lowest BCUT2D eigenvalue weighted by atomic mass is 9.64. The molecule has 0 radical (unpaired) electrons. The Morgan fingerprint density at radius 1 is 0.956 bits per heavy atom. The van der Waals surface area contributed by atoms with E-state index in [1.54, 1.807) is 13.0 Å². The summed E-state index contributed by atoms with van der Waals surface area (Å²) in [7, 11) is -3.87. The molecule has 1 N–H and O–H groups in total. The molecule has 5 aliphatic rings. The van der Waals surface area contributed by atoms with Gasteiger partial charge in [-0.15, -0.1) is 0 Å². The lowest BCUT2D eigenvalue weighted by Gasteiger charge is -2.47. The lowest BCUT2D eigenvalue weighted by molar-refractivity contribution is -0.123. The minimum Gasteiger partial charge on any atom is -0.490 e. The molecule has 3 heterocycles. The third-order valence-corrected chi connectivity index (χ3v) is 13.6. The number of fused-ring (bicyclic) bond motifs is 4. The van der Waals surface area contributed by atoms with E-state index in [0.717, 1.165) is 75.9 Å². The Bertz CT molecular complexity index is 1540. The zero-order valence-corrected chi connectivity index (χ0v) is 27.7. The fraction of sp³-hybridized carbons (Fsp3) is 0.639. The van der Waals surface area contributed by atoms with Crippen LogP contribution in [-0.2, 0) is 31.3 Å². The second-order valence-corrected chi connectivity index (χ2v) is 16.5. The molecule has 6 atom stereocenters.